The first kappa shape index (κ1) is 23.6. The molecule has 3 aromatic carbocycles. The van der Waals surface area contributed by atoms with Gasteiger partial charge in [0.05, 0.1) is 5.69 Å². The zero-order valence-electron chi connectivity index (χ0n) is 19.2. The van der Waals surface area contributed by atoms with Gasteiger partial charge >= 0.3 is 0 Å². The van der Waals surface area contributed by atoms with Gasteiger partial charge in [0.2, 0.25) is 0 Å². The molecule has 0 fully saturated rings. The molecule has 0 saturated carbocycles. The van der Waals surface area contributed by atoms with Crippen molar-refractivity contribution >= 4 is 40.0 Å². The second kappa shape index (κ2) is 10.5. The van der Waals surface area contributed by atoms with Crippen molar-refractivity contribution in [2.45, 2.75) is 39.5 Å². The third kappa shape index (κ3) is 5.77. The molecule has 0 spiro atoms. The van der Waals surface area contributed by atoms with Gasteiger partial charge in [-0.3, -0.25) is 10.4 Å². The Morgan fingerprint density at radius 3 is 2.59 bits per heavy atom. The summed E-state index contributed by atoms with van der Waals surface area (Å²) in [5.41, 5.74) is 15.3. The quantitative estimate of drug-likeness (QED) is 0.258. The second-order valence-electron chi connectivity index (χ2n) is 8.32. The number of benzene rings is 3. The van der Waals surface area contributed by atoms with E-state index in [-0.39, 0.29) is 11.1 Å². The lowest BCUT2D eigenvalue weighted by atomic mass is 9.92. The van der Waals surface area contributed by atoms with Crippen LogP contribution in [0.3, 0.4) is 0 Å². The van der Waals surface area contributed by atoms with Crippen molar-refractivity contribution in [1.29, 1.82) is 5.41 Å². The average Bonchev–Trinajstić information content (AvgIpc) is 2.76. The summed E-state index contributed by atoms with van der Waals surface area (Å²) in [4.78, 5) is 4.62. The third-order valence-electron chi connectivity index (χ3n) is 5.76. The summed E-state index contributed by atoms with van der Waals surface area (Å²) >= 11 is 5.96. The first-order valence-electron chi connectivity index (χ1n) is 10.8. The Bertz CT molecular complexity index is 1150. The number of rotatable bonds is 8. The van der Waals surface area contributed by atoms with Crippen LogP contribution in [0.25, 0.3) is 0 Å². The fourth-order valence-corrected chi connectivity index (χ4v) is 4.02. The molecule has 0 amide bonds. The number of aliphatic imine (C=N–C) groups is 1. The van der Waals surface area contributed by atoms with Gasteiger partial charge in [-0.2, -0.15) is 0 Å². The van der Waals surface area contributed by atoms with E-state index in [9.17, 15) is 0 Å². The van der Waals surface area contributed by atoms with Gasteiger partial charge < -0.3 is 11.1 Å². The molecule has 1 unspecified atom stereocenters. The van der Waals surface area contributed by atoms with E-state index in [1.807, 2.05) is 50.5 Å². The minimum absolute atomic E-state index is 0.0111. The number of aryl methyl sites for hydroxylation is 2. The lowest BCUT2D eigenvalue weighted by Gasteiger charge is -2.17. The topological polar surface area (TPSA) is 74.3 Å². The van der Waals surface area contributed by atoms with Crippen molar-refractivity contribution in [2.75, 3.05) is 18.1 Å². The summed E-state index contributed by atoms with van der Waals surface area (Å²) < 4.78 is 0. The molecule has 0 heterocycles. The van der Waals surface area contributed by atoms with Crippen molar-refractivity contribution in [1.82, 2.24) is 0 Å². The van der Waals surface area contributed by atoms with Gasteiger partial charge in [-0.25, -0.2) is 0 Å². The molecular weight excluding hydrogens is 416 g/mol. The van der Waals surface area contributed by atoms with Crippen LogP contribution in [0.4, 0.5) is 17.1 Å². The van der Waals surface area contributed by atoms with Crippen molar-refractivity contribution in [2.24, 2.45) is 4.99 Å². The summed E-state index contributed by atoms with van der Waals surface area (Å²) in [6, 6.07) is 18.5. The number of hydrogen-bond acceptors (Lipinski definition) is 4. The van der Waals surface area contributed by atoms with E-state index >= 15 is 0 Å². The fourth-order valence-electron chi connectivity index (χ4n) is 3.87. The summed E-state index contributed by atoms with van der Waals surface area (Å²) in [6.07, 6.45) is 3.57. The standard InChI is InChI=1S/C27H31ClN4/c1-17-5-9-26(24(13-17)27(28)30)32-12-11-18(2)23-16-20(6-10-25(23)31-4)15-21-7-8-22(29)14-19(21)3/h5-10,12-14,16,18,30-31H,11,15,29H2,1-4H3. The van der Waals surface area contributed by atoms with E-state index in [1.165, 1.54) is 22.3 Å². The number of nitrogens with zero attached hydrogens (tertiary/aromatic N) is 1. The highest BCUT2D eigenvalue weighted by Gasteiger charge is 2.12. The minimum atomic E-state index is 0.0111. The predicted octanol–water partition coefficient (Wildman–Crippen LogP) is 6.98. The van der Waals surface area contributed by atoms with Crippen LogP contribution in [-0.4, -0.2) is 18.4 Å². The summed E-state index contributed by atoms with van der Waals surface area (Å²) in [6.45, 7) is 6.30. The smallest absolute Gasteiger partial charge is 0.130 e. The Hall–Kier alpha value is -3.11. The van der Waals surface area contributed by atoms with Gasteiger partial charge in [0.1, 0.15) is 5.17 Å². The lowest BCUT2D eigenvalue weighted by molar-refractivity contribution is 0.812. The van der Waals surface area contributed by atoms with E-state index in [4.69, 9.17) is 22.7 Å². The molecule has 4 nitrogen and oxygen atoms in total. The molecule has 0 saturated heterocycles. The van der Waals surface area contributed by atoms with Crippen LogP contribution in [0, 0.1) is 19.3 Å². The van der Waals surface area contributed by atoms with Gasteiger partial charge in [-0.1, -0.05) is 48.4 Å². The van der Waals surface area contributed by atoms with Crippen molar-refractivity contribution in [3.63, 3.8) is 0 Å². The summed E-state index contributed by atoms with van der Waals surface area (Å²) in [5, 5.41) is 11.1. The number of hydrogen-bond donors (Lipinski definition) is 3. The summed E-state index contributed by atoms with van der Waals surface area (Å²) in [7, 11) is 1.95. The Morgan fingerprint density at radius 2 is 1.91 bits per heavy atom. The van der Waals surface area contributed by atoms with Gasteiger partial charge in [0.25, 0.3) is 0 Å². The monoisotopic (exact) mass is 446 g/mol. The number of nitrogen functional groups attached to an aromatic ring is 1. The first-order valence-corrected chi connectivity index (χ1v) is 11.2. The zero-order chi connectivity index (χ0) is 23.3. The molecule has 3 aromatic rings. The molecule has 0 radical (unpaired) electrons. The average molecular weight is 447 g/mol. The molecule has 0 aliphatic heterocycles. The molecule has 0 aliphatic carbocycles. The number of halogens is 1. The van der Waals surface area contributed by atoms with E-state index in [2.05, 4.69) is 48.4 Å². The number of nitrogens with two attached hydrogens (primary N) is 1. The number of nitrogens with one attached hydrogen (secondary N) is 2. The first-order chi connectivity index (χ1) is 15.3. The lowest BCUT2D eigenvalue weighted by Crippen LogP contribution is -2.03. The normalized spacial score (nSPS) is 12.2. The Labute approximate surface area is 196 Å². The maximum Gasteiger partial charge on any atom is 0.130 e. The zero-order valence-corrected chi connectivity index (χ0v) is 19.9. The van der Waals surface area contributed by atoms with Gasteiger partial charge in [-0.05, 0) is 85.2 Å². The largest absolute Gasteiger partial charge is 0.399 e. The van der Waals surface area contributed by atoms with E-state index in [0.29, 0.717) is 5.56 Å². The van der Waals surface area contributed by atoms with Crippen molar-refractivity contribution in [3.8, 4) is 0 Å². The molecule has 32 heavy (non-hydrogen) atoms. The van der Waals surface area contributed by atoms with Crippen molar-refractivity contribution in [3.05, 3.63) is 88.0 Å². The minimum Gasteiger partial charge on any atom is -0.399 e. The highest BCUT2D eigenvalue weighted by atomic mass is 35.5. The highest BCUT2D eigenvalue weighted by molar-refractivity contribution is 6.69. The Morgan fingerprint density at radius 1 is 1.12 bits per heavy atom. The molecule has 0 bridgehead atoms. The highest BCUT2D eigenvalue weighted by Crippen LogP contribution is 2.29. The predicted molar refractivity (Wildman–Crippen MR) is 139 cm³/mol. The molecule has 0 aromatic heterocycles. The third-order valence-corrected chi connectivity index (χ3v) is 5.96. The maximum absolute atomic E-state index is 7.80. The van der Waals surface area contributed by atoms with Crippen LogP contribution in [0.15, 0.2) is 59.6 Å². The molecule has 0 aliphatic rings. The SMILES string of the molecule is CNc1ccc(Cc2ccc(N)cc2C)cc1C(C)CC=Nc1ccc(C)cc1C(=N)Cl. The van der Waals surface area contributed by atoms with E-state index in [1.54, 1.807) is 0 Å². The molecule has 3 rings (SSSR count). The Kier molecular flexibility index (Phi) is 7.70. The second-order valence-corrected chi connectivity index (χ2v) is 8.70. The molecule has 5 heteroatoms. The van der Waals surface area contributed by atoms with Gasteiger partial charge in [0.15, 0.2) is 0 Å². The van der Waals surface area contributed by atoms with Crippen LogP contribution in [-0.2, 0) is 6.42 Å². The molecular formula is C27H31ClN4. The van der Waals surface area contributed by atoms with Crippen molar-refractivity contribution < 1.29 is 0 Å². The number of anilines is 2. The van der Waals surface area contributed by atoms with Crippen LogP contribution >= 0.6 is 11.6 Å². The Balaban J connectivity index is 1.80. The maximum atomic E-state index is 7.80. The van der Waals surface area contributed by atoms with Crippen LogP contribution in [0.2, 0.25) is 0 Å². The van der Waals surface area contributed by atoms with E-state index in [0.717, 1.165) is 35.5 Å². The molecule has 4 N–H and O–H groups in total. The van der Waals surface area contributed by atoms with Crippen LogP contribution in [0.5, 0.6) is 0 Å². The molecule has 1 atom stereocenters. The van der Waals surface area contributed by atoms with E-state index < -0.39 is 0 Å². The van der Waals surface area contributed by atoms with Crippen LogP contribution in [0.1, 0.15) is 52.6 Å². The molecule has 166 valence electrons. The van der Waals surface area contributed by atoms with Gasteiger partial charge in [-0.15, -0.1) is 0 Å². The van der Waals surface area contributed by atoms with Gasteiger partial charge in [0, 0.05) is 30.2 Å². The summed E-state index contributed by atoms with van der Waals surface area (Å²) in [5.74, 6) is 0.276. The fraction of sp³-hybridized carbons (Fsp3) is 0.259. The van der Waals surface area contributed by atoms with Crippen LogP contribution < -0.4 is 11.1 Å².